The van der Waals surface area contributed by atoms with Crippen molar-refractivity contribution in [1.29, 1.82) is 0 Å². The van der Waals surface area contributed by atoms with Crippen molar-refractivity contribution in [3.63, 3.8) is 0 Å². The summed E-state index contributed by atoms with van der Waals surface area (Å²) in [5.74, 6) is 4.28. The molecule has 16 bridgehead atoms. The highest BCUT2D eigenvalue weighted by Gasteiger charge is 2.25. The molecule has 90 heavy (non-hydrogen) atoms. The van der Waals surface area contributed by atoms with Crippen molar-refractivity contribution in [1.82, 2.24) is 0 Å². The molecule has 14 rings (SSSR count). The van der Waals surface area contributed by atoms with Gasteiger partial charge in [0.05, 0.1) is 28.4 Å². The fraction of sp³-hybridized carbons (Fsp3) is 0.158. The lowest BCUT2D eigenvalue weighted by molar-refractivity contribution is 0.403. The van der Waals surface area contributed by atoms with Crippen LogP contribution in [0.25, 0.3) is 40.4 Å². The minimum Gasteiger partial charge on any atom is -0.507 e. The number of hydrogen-bond donors (Lipinski definition) is 4. The van der Waals surface area contributed by atoms with Crippen LogP contribution in [0, 0.1) is 7.14 Å². The number of methoxy groups -OCH3 is 4. The largest absolute Gasteiger partial charge is 0.507 e. The van der Waals surface area contributed by atoms with E-state index >= 15 is 0 Å². The van der Waals surface area contributed by atoms with Gasteiger partial charge in [-0.05, 0) is 241 Å². The summed E-state index contributed by atoms with van der Waals surface area (Å²) in [6.07, 6.45) is 4.04. The number of aromatic hydroxyl groups is 4. The average Bonchev–Trinajstić information content (AvgIpc) is 1.32. The first-order valence-corrected chi connectivity index (χ1v) is 35.0. The molecule has 4 aromatic heterocycles. The predicted molar refractivity (Wildman–Crippen MR) is 386 cm³/mol. The van der Waals surface area contributed by atoms with Gasteiger partial charge in [-0.15, -0.1) is 45.3 Å². The highest BCUT2D eigenvalue weighted by molar-refractivity contribution is 14.1. The van der Waals surface area contributed by atoms with E-state index in [4.69, 9.17) is 18.9 Å². The minimum absolute atomic E-state index is 0.283. The Morgan fingerprint density at radius 3 is 0.733 bits per heavy atom. The lowest BCUT2D eigenvalue weighted by Gasteiger charge is -2.20. The third kappa shape index (κ3) is 12.6. The minimum atomic E-state index is 0.283. The quantitative estimate of drug-likeness (QED) is 0.111. The Morgan fingerprint density at radius 1 is 0.278 bits per heavy atom. The van der Waals surface area contributed by atoms with Gasteiger partial charge in [0, 0.05) is 87.8 Å². The van der Waals surface area contributed by atoms with Gasteiger partial charge in [-0.1, -0.05) is 84.9 Å². The molecule has 2 aliphatic carbocycles. The van der Waals surface area contributed by atoms with Gasteiger partial charge in [0.2, 0.25) is 0 Å². The highest BCUT2D eigenvalue weighted by Crippen LogP contribution is 2.46. The molecule has 0 fully saturated rings. The van der Waals surface area contributed by atoms with Gasteiger partial charge in [-0.25, -0.2) is 0 Å². The molecule has 0 saturated heterocycles. The maximum atomic E-state index is 12.0. The van der Waals surface area contributed by atoms with Crippen LogP contribution in [0.1, 0.15) is 89.0 Å². The van der Waals surface area contributed by atoms with Crippen LogP contribution in [0.2, 0.25) is 0 Å². The lowest BCUT2D eigenvalue weighted by Crippen LogP contribution is -2.04. The van der Waals surface area contributed by atoms with E-state index in [0.717, 1.165) is 140 Å². The summed E-state index contributed by atoms with van der Waals surface area (Å²) in [7, 11) is 6.77. The monoisotopic (exact) mass is 1480 g/mol. The Bertz CT molecular complexity index is 4160. The third-order valence-corrected chi connectivity index (χ3v) is 22.5. The Kier molecular flexibility index (Phi) is 18.2. The summed E-state index contributed by atoms with van der Waals surface area (Å²) in [4.78, 5) is 7.25. The maximum absolute atomic E-state index is 12.0. The van der Waals surface area contributed by atoms with E-state index in [2.05, 4.69) is 165 Å². The molecule has 0 unspecified atom stereocenters. The molecular weight excluding hydrogens is 1420 g/mol. The summed E-state index contributed by atoms with van der Waals surface area (Å²) < 4.78 is 26.2. The van der Waals surface area contributed by atoms with Crippen molar-refractivity contribution in [2.75, 3.05) is 28.4 Å². The highest BCUT2D eigenvalue weighted by atomic mass is 127. The van der Waals surface area contributed by atoms with E-state index in [1.165, 1.54) is 19.5 Å². The third-order valence-electron chi connectivity index (χ3n) is 16.9. The molecule has 0 spiro atoms. The van der Waals surface area contributed by atoms with E-state index in [0.29, 0.717) is 62.9 Å². The van der Waals surface area contributed by atoms with Gasteiger partial charge < -0.3 is 39.4 Å². The molecule has 4 heterocycles. The number of para-hydroxylation sites is 4. The molecule has 0 aliphatic heterocycles. The smallest absolute Gasteiger partial charge is 0.125 e. The predicted octanol–water partition coefficient (Wildman–Crippen LogP) is 19.7. The van der Waals surface area contributed by atoms with Gasteiger partial charge >= 0.3 is 0 Å². The van der Waals surface area contributed by atoms with Gasteiger partial charge in [-0.3, -0.25) is 0 Å². The number of rotatable bonds is 8. The topological polar surface area (TPSA) is 118 Å². The second kappa shape index (κ2) is 26.7. The summed E-state index contributed by atoms with van der Waals surface area (Å²) in [6, 6.07) is 58.4. The lowest BCUT2D eigenvalue weighted by atomic mass is 9.89. The number of benzene rings is 8. The maximum Gasteiger partial charge on any atom is 0.125 e. The second-order valence-corrected chi connectivity index (χ2v) is 29.1. The van der Waals surface area contributed by atoms with E-state index < -0.39 is 0 Å². The van der Waals surface area contributed by atoms with Crippen LogP contribution in [0.5, 0.6) is 46.0 Å². The molecular formula is C76H62I2O8S4. The number of ether oxygens (including phenoxy) is 4. The van der Waals surface area contributed by atoms with E-state index in [1.807, 2.05) is 60.7 Å². The molecule has 0 radical (unpaired) electrons. The number of hydrogen-bond acceptors (Lipinski definition) is 12. The van der Waals surface area contributed by atoms with Gasteiger partial charge in [0.15, 0.2) is 0 Å². The SMILES string of the molecule is COc1c2cccc1Cc1cc(-c3ccc(-c4cccs4)s3)cc(c1O)Cc1cccc(c1OC)Cc1cc(-c3ccc(-c4cccs4)s3)cc(c1O)C2.COc1c2cccc1Cc1cc(I)cc(c1O)Cc1cccc(c1OC)Cc1cc(I)cc(c1O)C2. The van der Waals surface area contributed by atoms with E-state index in [1.54, 1.807) is 73.8 Å². The van der Waals surface area contributed by atoms with Crippen molar-refractivity contribution in [3.8, 4) is 86.4 Å². The summed E-state index contributed by atoms with van der Waals surface area (Å²) in [5, 5.41) is 50.9. The summed E-state index contributed by atoms with van der Waals surface area (Å²) in [6.45, 7) is 0. The number of phenolic OH excluding ortho intramolecular Hbond substituents is 4. The Hall–Kier alpha value is -7.58. The number of halogens is 2. The molecule has 452 valence electrons. The van der Waals surface area contributed by atoms with Crippen LogP contribution in [0.15, 0.2) is 181 Å². The molecule has 12 aromatic rings. The number of fused-ring (bicyclic) bond motifs is 16. The van der Waals surface area contributed by atoms with Crippen LogP contribution in [0.4, 0.5) is 0 Å². The fourth-order valence-electron chi connectivity index (χ4n) is 12.8. The molecule has 2 aliphatic rings. The zero-order chi connectivity index (χ0) is 62.2. The van der Waals surface area contributed by atoms with Gasteiger partial charge in [0.1, 0.15) is 46.0 Å². The molecule has 14 heteroatoms. The van der Waals surface area contributed by atoms with Crippen molar-refractivity contribution in [2.24, 2.45) is 0 Å². The zero-order valence-corrected chi connectivity index (χ0v) is 57.4. The van der Waals surface area contributed by atoms with Crippen LogP contribution in [-0.4, -0.2) is 48.9 Å². The normalized spacial score (nSPS) is 12.6. The Morgan fingerprint density at radius 2 is 0.511 bits per heavy atom. The van der Waals surface area contributed by atoms with Crippen LogP contribution < -0.4 is 18.9 Å². The van der Waals surface area contributed by atoms with E-state index in [-0.39, 0.29) is 11.5 Å². The summed E-state index contributed by atoms with van der Waals surface area (Å²) in [5.41, 5.74) is 16.8. The van der Waals surface area contributed by atoms with Gasteiger partial charge in [-0.2, -0.15) is 0 Å². The Balaban J connectivity index is 0.000000179. The Labute approximate surface area is 567 Å². The second-order valence-electron chi connectivity index (χ2n) is 22.6. The first-order chi connectivity index (χ1) is 43.8. The molecule has 8 aromatic carbocycles. The van der Waals surface area contributed by atoms with Crippen molar-refractivity contribution in [3.05, 3.63) is 277 Å². The van der Waals surface area contributed by atoms with Crippen molar-refractivity contribution >= 4 is 90.5 Å². The molecule has 4 N–H and O–H groups in total. The van der Waals surface area contributed by atoms with Crippen molar-refractivity contribution in [2.45, 2.75) is 51.4 Å². The molecule has 0 amide bonds. The van der Waals surface area contributed by atoms with Crippen LogP contribution in [0.3, 0.4) is 0 Å². The standard InChI is InChI=1S/C46H36O4S4.C30H26I2O4/c1-49-45-27-7-3-8-28(45)20-34-24-32(38-14-16-42(54-38)40-12-6-18-52-40)26-36(44(34)48)22-30-10-4-9-29(46(30)50-2)21-35-25-31(23-33(19-27)43(35)47)37-13-15-41(53-37)39-11-5-17-51-39;1-35-29-17-5-3-6-18(29)10-22-14-26(32)16-24(28(22)34)12-20-8-4-7-19(30(20)36-2)11-23-15-25(31)13-21(9-17)27(23)33/h3-18,23-26,47-48H,19-22H2,1-2H3;3-8,13-16,33-34H,9-12H2,1-2H3. The van der Waals surface area contributed by atoms with Crippen molar-refractivity contribution < 1.29 is 39.4 Å². The first-order valence-electron chi connectivity index (χ1n) is 29.4. The van der Waals surface area contributed by atoms with E-state index in [9.17, 15) is 20.4 Å². The van der Waals surface area contributed by atoms with Crippen LogP contribution in [-0.2, 0) is 51.4 Å². The fourth-order valence-corrected chi connectivity index (χ4v) is 17.9. The van der Waals surface area contributed by atoms with Crippen LogP contribution >= 0.6 is 90.5 Å². The first kappa shape index (κ1) is 61.3. The zero-order valence-electron chi connectivity index (χ0n) is 49.8. The number of phenols is 4. The molecule has 0 saturated carbocycles. The molecule has 0 atom stereocenters. The number of thiophene rings is 4. The summed E-state index contributed by atoms with van der Waals surface area (Å²) >= 11 is 11.6. The molecule has 8 nitrogen and oxygen atoms in total. The van der Waals surface area contributed by atoms with Gasteiger partial charge in [0.25, 0.3) is 0 Å². The average molecular weight is 1490 g/mol.